The first-order chi connectivity index (χ1) is 7.95. The molecule has 0 bridgehead atoms. The van der Waals surface area contributed by atoms with Gasteiger partial charge in [-0.3, -0.25) is 8.74 Å². The van der Waals surface area contributed by atoms with Gasteiger partial charge in [-0.15, -0.1) is 0 Å². The Hall–Kier alpha value is -0.960. The highest BCUT2D eigenvalue weighted by atomic mass is 32.3. The zero-order valence-electron chi connectivity index (χ0n) is 11.0. The quantitative estimate of drug-likeness (QED) is 0.515. The van der Waals surface area contributed by atoms with Crippen molar-refractivity contribution in [3.63, 3.8) is 0 Å². The molecule has 0 atom stereocenters. The van der Waals surface area contributed by atoms with Gasteiger partial charge in [0.1, 0.15) is 0 Å². The van der Waals surface area contributed by atoms with E-state index < -0.39 is 16.4 Å². The molecule has 4 N–H and O–H groups in total. The number of carboxylic acid groups (broad SMARTS) is 1. The molecule has 0 radical (unpaired) electrons. The fourth-order valence-corrected chi connectivity index (χ4v) is 0.942. The third-order valence-corrected chi connectivity index (χ3v) is 2.19. The predicted octanol–water partition coefficient (Wildman–Crippen LogP) is 0.828. The molecule has 7 nitrogen and oxygen atoms in total. The van der Waals surface area contributed by atoms with Crippen molar-refractivity contribution in [3.05, 3.63) is 11.6 Å². The monoisotopic (exact) mass is 283 g/mol. The van der Waals surface area contributed by atoms with Crippen LogP contribution in [0.3, 0.4) is 0 Å². The maximum absolute atomic E-state index is 10.7. The molecule has 0 aliphatic rings. The van der Waals surface area contributed by atoms with E-state index in [1.54, 1.807) is 6.08 Å². The Kier molecular flexibility index (Phi) is 8.83. The van der Waals surface area contributed by atoms with Gasteiger partial charge in [-0.2, -0.15) is 8.42 Å². The minimum absolute atomic E-state index is 0.305. The van der Waals surface area contributed by atoms with Crippen LogP contribution in [-0.4, -0.2) is 37.7 Å². The van der Waals surface area contributed by atoms with Crippen LogP contribution in [0.1, 0.15) is 27.2 Å². The van der Waals surface area contributed by atoms with Crippen LogP contribution < -0.4 is 5.73 Å². The lowest BCUT2D eigenvalue weighted by Gasteiger charge is -2.19. The van der Waals surface area contributed by atoms with Crippen LogP contribution in [0.5, 0.6) is 0 Å². The van der Waals surface area contributed by atoms with Crippen molar-refractivity contribution in [2.75, 3.05) is 13.7 Å². The molecule has 0 spiro atoms. The molecule has 18 heavy (non-hydrogen) atoms. The van der Waals surface area contributed by atoms with Crippen molar-refractivity contribution >= 4 is 16.4 Å². The topological polar surface area (TPSA) is 127 Å². The summed E-state index contributed by atoms with van der Waals surface area (Å²) in [5, 5.41) is 8.83. The van der Waals surface area contributed by atoms with Gasteiger partial charge in [-0.25, -0.2) is 4.79 Å². The first kappa shape index (κ1) is 19.4. The van der Waals surface area contributed by atoms with Crippen LogP contribution in [0.25, 0.3) is 0 Å². The van der Waals surface area contributed by atoms with Crippen LogP contribution in [0.4, 0.5) is 0 Å². The Morgan fingerprint density at radius 2 is 1.78 bits per heavy atom. The summed E-state index contributed by atoms with van der Waals surface area (Å²) in [6.45, 7) is 6.13. The van der Waals surface area contributed by atoms with Crippen LogP contribution in [0.2, 0.25) is 0 Å². The highest BCUT2D eigenvalue weighted by Gasteiger charge is 2.22. The molecular formula is C10H21NO6S. The number of nitrogens with two attached hydrogens (primary N) is 1. The molecule has 0 aromatic carbocycles. The molecule has 0 fully saturated rings. The molecule has 108 valence electrons. The van der Waals surface area contributed by atoms with Crippen molar-refractivity contribution in [1.82, 2.24) is 0 Å². The van der Waals surface area contributed by atoms with E-state index in [1.165, 1.54) is 0 Å². The maximum atomic E-state index is 10.7. The molecule has 0 amide bonds. The zero-order chi connectivity index (χ0) is 15.0. The molecular weight excluding hydrogens is 262 g/mol. The lowest BCUT2D eigenvalue weighted by Crippen LogP contribution is -2.17. The molecule has 0 aliphatic carbocycles. The Balaban J connectivity index is 0. The number of carboxylic acids is 1. The van der Waals surface area contributed by atoms with Gasteiger partial charge in [-0.1, -0.05) is 26.8 Å². The molecule has 0 heterocycles. The minimum atomic E-state index is -4.16. The predicted molar refractivity (Wildman–Crippen MR) is 67.4 cm³/mol. The number of carbonyl (C=O) groups is 1. The van der Waals surface area contributed by atoms with Crippen LogP contribution in [-0.2, 0) is 19.4 Å². The lowest BCUT2D eigenvalue weighted by molar-refractivity contribution is -0.133. The highest BCUT2D eigenvalue weighted by molar-refractivity contribution is 7.80. The summed E-state index contributed by atoms with van der Waals surface area (Å²) >= 11 is 0. The molecule has 0 unspecified atom stereocenters. The van der Waals surface area contributed by atoms with Gasteiger partial charge >= 0.3 is 16.4 Å². The highest BCUT2D eigenvalue weighted by Crippen LogP contribution is 2.25. The number of aliphatic carboxylic acids is 1. The van der Waals surface area contributed by atoms with Gasteiger partial charge in [0.05, 0.1) is 7.11 Å². The van der Waals surface area contributed by atoms with Crippen molar-refractivity contribution in [2.24, 2.45) is 11.1 Å². The van der Waals surface area contributed by atoms with Crippen molar-refractivity contribution in [3.8, 4) is 0 Å². The Morgan fingerprint density at radius 1 is 1.39 bits per heavy atom. The van der Waals surface area contributed by atoms with E-state index in [1.807, 2.05) is 20.8 Å². The third-order valence-electron chi connectivity index (χ3n) is 1.76. The van der Waals surface area contributed by atoms with Crippen molar-refractivity contribution in [2.45, 2.75) is 27.2 Å². The first-order valence-corrected chi connectivity index (χ1v) is 6.49. The number of rotatable bonds is 4. The molecule has 0 saturated heterocycles. The fourth-order valence-electron chi connectivity index (χ4n) is 0.942. The number of hydrogen-bond acceptors (Lipinski definition) is 5. The maximum Gasteiger partial charge on any atom is 0.397 e. The van der Waals surface area contributed by atoms with E-state index in [2.05, 4.69) is 4.18 Å². The molecule has 0 saturated carbocycles. The van der Waals surface area contributed by atoms with Crippen LogP contribution >= 0.6 is 0 Å². The van der Waals surface area contributed by atoms with Gasteiger partial charge in [0.15, 0.2) is 0 Å². The average Bonchev–Trinajstić information content (AvgIpc) is 2.15. The van der Waals surface area contributed by atoms with Crippen LogP contribution in [0, 0.1) is 5.41 Å². The average molecular weight is 283 g/mol. The molecule has 0 aromatic rings. The SMILES string of the molecule is CC(C)(C)C(=CCCN)C(=O)O.COS(=O)(=O)O. The lowest BCUT2D eigenvalue weighted by atomic mass is 9.86. The minimum Gasteiger partial charge on any atom is -0.478 e. The summed E-state index contributed by atoms with van der Waals surface area (Å²) in [5.74, 6) is -0.851. The summed E-state index contributed by atoms with van der Waals surface area (Å²) in [5.41, 5.74) is 5.42. The third kappa shape index (κ3) is 11.5. The zero-order valence-corrected chi connectivity index (χ0v) is 11.8. The summed E-state index contributed by atoms with van der Waals surface area (Å²) in [6, 6.07) is 0. The van der Waals surface area contributed by atoms with E-state index in [-0.39, 0.29) is 5.41 Å². The molecule has 0 aliphatic heterocycles. The second-order valence-corrected chi connectivity index (χ2v) is 5.53. The van der Waals surface area contributed by atoms with E-state index >= 15 is 0 Å². The summed E-state index contributed by atoms with van der Waals surface area (Å²) in [6.07, 6.45) is 2.32. The molecule has 0 rings (SSSR count). The van der Waals surface area contributed by atoms with Gasteiger partial charge in [0, 0.05) is 5.57 Å². The Morgan fingerprint density at radius 3 is 1.94 bits per heavy atom. The standard InChI is InChI=1S/C9H17NO2.CH4O4S/c1-9(2,3)7(8(11)12)5-4-6-10;1-5-6(2,3)4/h5H,4,6,10H2,1-3H3,(H,11,12);1H3,(H,2,3,4). The van der Waals surface area contributed by atoms with E-state index in [0.717, 1.165) is 7.11 Å². The van der Waals surface area contributed by atoms with Gasteiger partial charge in [0.25, 0.3) is 0 Å². The van der Waals surface area contributed by atoms with Gasteiger partial charge in [-0.05, 0) is 18.4 Å². The smallest absolute Gasteiger partial charge is 0.397 e. The van der Waals surface area contributed by atoms with Crippen LogP contribution in [0.15, 0.2) is 11.6 Å². The molecule has 0 aromatic heterocycles. The number of hydrogen-bond donors (Lipinski definition) is 3. The van der Waals surface area contributed by atoms with E-state index in [4.69, 9.17) is 15.4 Å². The van der Waals surface area contributed by atoms with Crippen molar-refractivity contribution < 1.29 is 27.1 Å². The second-order valence-electron chi connectivity index (χ2n) is 4.34. The first-order valence-electron chi connectivity index (χ1n) is 5.12. The molecule has 8 heteroatoms. The summed E-state index contributed by atoms with van der Waals surface area (Å²) < 4.78 is 29.7. The normalized spacial score (nSPS) is 12.7. The summed E-state index contributed by atoms with van der Waals surface area (Å²) in [7, 11) is -3.29. The van der Waals surface area contributed by atoms with Gasteiger partial charge < -0.3 is 10.8 Å². The summed E-state index contributed by atoms with van der Waals surface area (Å²) in [4.78, 5) is 10.7. The Bertz CT molecular complexity index is 380. The largest absolute Gasteiger partial charge is 0.478 e. The van der Waals surface area contributed by atoms with E-state index in [0.29, 0.717) is 18.5 Å². The second kappa shape index (κ2) is 8.20. The van der Waals surface area contributed by atoms with E-state index in [9.17, 15) is 13.2 Å². The fraction of sp³-hybridized carbons (Fsp3) is 0.700. The van der Waals surface area contributed by atoms with Gasteiger partial charge in [0.2, 0.25) is 0 Å². The van der Waals surface area contributed by atoms with Crippen molar-refractivity contribution in [1.29, 1.82) is 0 Å². The Labute approximate surface area is 108 Å².